The Balaban J connectivity index is 1.91. The maximum Gasteiger partial charge on any atom is 0.343 e. The highest BCUT2D eigenvalue weighted by molar-refractivity contribution is 6.07. The Morgan fingerprint density at radius 2 is 1.76 bits per heavy atom. The van der Waals surface area contributed by atoms with E-state index in [-0.39, 0.29) is 30.7 Å². The number of fused-ring (bicyclic) bond motifs is 1. The molecule has 2 N–H and O–H groups in total. The third kappa shape index (κ3) is 5.90. The first-order valence-electron chi connectivity index (χ1n) is 12.3. The van der Waals surface area contributed by atoms with Crippen LogP contribution in [0.2, 0.25) is 0 Å². The minimum atomic E-state index is -0.536. The third-order valence-electron chi connectivity index (χ3n) is 6.21. The van der Waals surface area contributed by atoms with Gasteiger partial charge in [0.25, 0.3) is 5.91 Å². The molecule has 3 rings (SSSR count). The summed E-state index contributed by atoms with van der Waals surface area (Å²) in [4.78, 5) is 39.2. The lowest BCUT2D eigenvalue weighted by Gasteiger charge is -2.25. The lowest BCUT2D eigenvalue weighted by molar-refractivity contribution is -0.142. The van der Waals surface area contributed by atoms with Crippen LogP contribution < -0.4 is 19.5 Å². The number of ketones is 1. The average molecular weight is 526 g/mol. The van der Waals surface area contributed by atoms with E-state index in [1.165, 1.54) is 21.3 Å². The number of rotatable bonds is 10. The van der Waals surface area contributed by atoms with E-state index >= 15 is 0 Å². The van der Waals surface area contributed by atoms with Crippen molar-refractivity contribution in [1.82, 2.24) is 10.2 Å². The highest BCUT2D eigenvalue weighted by Gasteiger charge is 2.31. The third-order valence-corrected chi connectivity index (χ3v) is 6.21. The minimum absolute atomic E-state index is 0.0537. The fourth-order valence-corrected chi connectivity index (χ4v) is 4.23. The van der Waals surface area contributed by atoms with Crippen molar-refractivity contribution in [2.75, 3.05) is 41.0 Å². The van der Waals surface area contributed by atoms with Crippen molar-refractivity contribution in [3.63, 3.8) is 0 Å². The Hall–Kier alpha value is -4.08. The van der Waals surface area contributed by atoms with Crippen LogP contribution in [0.15, 0.2) is 24.3 Å². The summed E-state index contributed by atoms with van der Waals surface area (Å²) in [6.07, 6.45) is 0. The lowest BCUT2D eigenvalue weighted by atomic mass is 9.84. The number of hydrogen-bond acceptors (Lipinski definition) is 8. The molecule has 0 fully saturated rings. The number of carbonyl (C=O) groups excluding carboxylic acids is 3. The topological polar surface area (TPSA) is 127 Å². The summed E-state index contributed by atoms with van der Waals surface area (Å²) in [6, 6.07) is 6.71. The van der Waals surface area contributed by atoms with Gasteiger partial charge in [0.1, 0.15) is 11.6 Å². The van der Waals surface area contributed by atoms with Crippen molar-refractivity contribution in [1.29, 1.82) is 5.41 Å². The first-order chi connectivity index (χ1) is 17.9. The number of amidine groups is 1. The predicted molar refractivity (Wildman–Crippen MR) is 142 cm³/mol. The fraction of sp³-hybridized carbons (Fsp3) is 0.429. The molecule has 1 heterocycles. The van der Waals surface area contributed by atoms with Gasteiger partial charge in [-0.3, -0.25) is 15.0 Å². The Kier molecular flexibility index (Phi) is 8.65. The van der Waals surface area contributed by atoms with Gasteiger partial charge in [-0.25, -0.2) is 4.79 Å². The summed E-state index contributed by atoms with van der Waals surface area (Å²) < 4.78 is 21.6. The molecule has 1 aliphatic heterocycles. The number of ether oxygens (including phenoxy) is 4. The van der Waals surface area contributed by atoms with Gasteiger partial charge in [-0.05, 0) is 42.2 Å². The van der Waals surface area contributed by atoms with Gasteiger partial charge in [0.15, 0.2) is 23.9 Å². The Bertz CT molecular complexity index is 1260. The number of esters is 1. The monoisotopic (exact) mass is 525 g/mol. The highest BCUT2D eigenvalue weighted by atomic mass is 16.6. The van der Waals surface area contributed by atoms with Crippen LogP contribution >= 0.6 is 0 Å². The summed E-state index contributed by atoms with van der Waals surface area (Å²) in [5.41, 5.74) is 2.38. The normalized spacial score (nSPS) is 12.6. The van der Waals surface area contributed by atoms with Crippen LogP contribution in [0.3, 0.4) is 0 Å². The molecule has 1 amide bonds. The molecule has 0 radical (unpaired) electrons. The maximum atomic E-state index is 13.5. The van der Waals surface area contributed by atoms with Crippen LogP contribution in [0.4, 0.5) is 0 Å². The van der Waals surface area contributed by atoms with E-state index in [2.05, 4.69) is 10.1 Å². The van der Waals surface area contributed by atoms with Gasteiger partial charge in [0.05, 0.1) is 32.9 Å². The molecule has 38 heavy (non-hydrogen) atoms. The summed E-state index contributed by atoms with van der Waals surface area (Å²) in [5, 5.41) is 11.3. The Morgan fingerprint density at radius 1 is 1.05 bits per heavy atom. The van der Waals surface area contributed by atoms with Crippen LogP contribution in [0.25, 0.3) is 0 Å². The molecule has 0 aromatic heterocycles. The van der Waals surface area contributed by atoms with Crippen LogP contribution in [0.5, 0.6) is 17.2 Å². The number of Topliss-reactive ketones (excluding diaryl/α,β-unsaturated/α-hetero) is 1. The van der Waals surface area contributed by atoms with Gasteiger partial charge in [-0.2, -0.15) is 0 Å². The maximum absolute atomic E-state index is 13.5. The van der Waals surface area contributed by atoms with E-state index in [1.54, 1.807) is 29.2 Å². The number of carbonyl (C=O) groups is 3. The minimum Gasteiger partial charge on any atom is -0.493 e. The van der Waals surface area contributed by atoms with Gasteiger partial charge in [0.2, 0.25) is 0 Å². The van der Waals surface area contributed by atoms with Gasteiger partial charge in [0, 0.05) is 30.3 Å². The quantitative estimate of drug-likeness (QED) is 0.357. The van der Waals surface area contributed by atoms with E-state index in [4.69, 9.17) is 19.6 Å². The molecule has 10 nitrogen and oxygen atoms in total. The molecular weight excluding hydrogens is 490 g/mol. The molecule has 0 saturated carbocycles. The van der Waals surface area contributed by atoms with Crippen LogP contribution in [-0.2, 0) is 21.5 Å². The van der Waals surface area contributed by atoms with E-state index < -0.39 is 11.4 Å². The van der Waals surface area contributed by atoms with Gasteiger partial charge in [-0.1, -0.05) is 20.8 Å². The SMILES string of the molecule is CCOc1cc2c(cc1C(=O)NC)C(=N)N(CC(=O)c1cc(OC)c(OCC(=O)OC)c(C(C)(C)C)c1)C2. The second kappa shape index (κ2) is 11.5. The van der Waals surface area contributed by atoms with Crippen molar-refractivity contribution >= 4 is 23.5 Å². The summed E-state index contributed by atoms with van der Waals surface area (Å²) >= 11 is 0. The van der Waals surface area contributed by atoms with Gasteiger partial charge < -0.3 is 29.2 Å². The molecule has 0 aliphatic carbocycles. The van der Waals surface area contributed by atoms with E-state index in [0.717, 1.165) is 5.56 Å². The zero-order chi connectivity index (χ0) is 28.2. The molecule has 2 aromatic rings. The van der Waals surface area contributed by atoms with Crippen LogP contribution in [0, 0.1) is 5.41 Å². The number of methoxy groups -OCH3 is 2. The van der Waals surface area contributed by atoms with Crippen molar-refractivity contribution in [2.45, 2.75) is 39.7 Å². The van der Waals surface area contributed by atoms with Crippen LogP contribution in [-0.4, -0.2) is 69.4 Å². The molecule has 10 heteroatoms. The molecular formula is C28H35N3O7. The average Bonchev–Trinajstić information content (AvgIpc) is 3.18. The predicted octanol–water partition coefficient (Wildman–Crippen LogP) is 3.33. The first kappa shape index (κ1) is 28.5. The zero-order valence-corrected chi connectivity index (χ0v) is 22.9. The highest BCUT2D eigenvalue weighted by Crippen LogP contribution is 2.40. The summed E-state index contributed by atoms with van der Waals surface area (Å²) in [5.74, 6) is 0.217. The lowest BCUT2D eigenvalue weighted by Crippen LogP contribution is -2.30. The standard InChI is InChI=1S/C28H35N3O7/c1-8-37-22-11-17-13-31(26(29)18(17)12-19(22)27(34)30-5)14-21(32)16-9-20(28(2,3)4)25(23(10-16)35-6)38-15-24(33)36-7/h9-12,29H,8,13-15H2,1-7H3,(H,30,34). The Labute approximate surface area is 222 Å². The van der Waals surface area contributed by atoms with E-state index in [0.29, 0.717) is 52.7 Å². The zero-order valence-electron chi connectivity index (χ0n) is 22.9. The molecule has 0 unspecified atom stereocenters. The van der Waals surface area contributed by atoms with Crippen LogP contribution in [0.1, 0.15) is 65.1 Å². The second-order valence-corrected chi connectivity index (χ2v) is 9.82. The second-order valence-electron chi connectivity index (χ2n) is 9.82. The number of nitrogens with zero attached hydrogens (tertiary/aromatic N) is 1. The number of nitrogens with one attached hydrogen (secondary N) is 2. The smallest absolute Gasteiger partial charge is 0.343 e. The van der Waals surface area contributed by atoms with Crippen molar-refractivity contribution in [2.24, 2.45) is 0 Å². The van der Waals surface area contributed by atoms with Crippen molar-refractivity contribution in [3.8, 4) is 17.2 Å². The van der Waals surface area contributed by atoms with Gasteiger partial charge >= 0.3 is 5.97 Å². The first-order valence-corrected chi connectivity index (χ1v) is 12.3. The summed E-state index contributed by atoms with van der Waals surface area (Å²) in [6.45, 7) is 8.10. The number of benzene rings is 2. The molecule has 2 aromatic carbocycles. The van der Waals surface area contributed by atoms with Gasteiger partial charge in [-0.15, -0.1) is 0 Å². The molecule has 1 aliphatic rings. The molecule has 0 saturated heterocycles. The molecule has 0 atom stereocenters. The van der Waals surface area contributed by atoms with E-state index in [1.807, 2.05) is 27.7 Å². The molecule has 204 valence electrons. The van der Waals surface area contributed by atoms with Crippen molar-refractivity contribution in [3.05, 3.63) is 52.1 Å². The number of hydrogen-bond donors (Lipinski definition) is 2. The number of amides is 1. The van der Waals surface area contributed by atoms with E-state index in [9.17, 15) is 14.4 Å². The Morgan fingerprint density at radius 3 is 2.34 bits per heavy atom. The largest absolute Gasteiger partial charge is 0.493 e. The fourth-order valence-electron chi connectivity index (χ4n) is 4.23. The summed E-state index contributed by atoms with van der Waals surface area (Å²) in [7, 11) is 4.28. The molecule has 0 bridgehead atoms. The molecule has 0 spiro atoms. The van der Waals surface area contributed by atoms with Crippen molar-refractivity contribution < 1.29 is 33.3 Å².